The second-order valence-electron chi connectivity index (χ2n) is 1.91. The Morgan fingerprint density at radius 1 is 0.565 bits per heavy atom. The summed E-state index contributed by atoms with van der Waals surface area (Å²) in [5.41, 5.74) is 0. The van der Waals surface area contributed by atoms with Crippen LogP contribution in [0, 0.1) is 0 Å². The van der Waals surface area contributed by atoms with Gasteiger partial charge in [-0.1, -0.05) is 0 Å². The van der Waals surface area contributed by atoms with E-state index in [2.05, 4.69) is 4.31 Å². The SMILES string of the molecule is O=P([O-])(O)O.O=P([O-])([O-])OP(=O)([O-])[O-].O=P([O-])([O-])[O-].[Ca+2].[Ca+2].[Ca+2].[Ca+2]. The van der Waals surface area contributed by atoms with Gasteiger partial charge in [-0.05, 0) is 0 Å². The molecule has 0 saturated heterocycles. The molecule has 0 atom stereocenters. The maximum absolute atomic E-state index is 9.32. The molecule has 0 spiro atoms. The smallest absolute Gasteiger partial charge is 0.822 e. The molecule has 0 fully saturated rings. The molecule has 0 aromatic rings. The molecular weight excluding hydrogens is 524 g/mol. The van der Waals surface area contributed by atoms with Crippen molar-refractivity contribution in [1.82, 2.24) is 0 Å². The molecule has 0 aliphatic heterocycles. The van der Waals surface area contributed by atoms with Crippen LogP contribution in [0.2, 0.25) is 0 Å². The summed E-state index contributed by atoms with van der Waals surface area (Å²) in [6.07, 6.45) is 0. The van der Waals surface area contributed by atoms with Crippen molar-refractivity contribution < 1.29 is 71.5 Å². The van der Waals surface area contributed by atoms with Crippen molar-refractivity contribution in [3.63, 3.8) is 0 Å². The van der Waals surface area contributed by atoms with E-state index >= 15 is 0 Å². The molecule has 0 aliphatic rings. The normalized spacial score (nSPS) is 10.5. The molecule has 0 saturated carbocycles. The van der Waals surface area contributed by atoms with Crippen LogP contribution in [-0.2, 0) is 22.6 Å². The van der Waals surface area contributed by atoms with Gasteiger partial charge in [0.25, 0.3) is 7.82 Å². The number of hydrogen-bond donors (Lipinski definition) is 2. The average Bonchev–Trinajstić information content (AvgIpc) is 1.63. The van der Waals surface area contributed by atoms with E-state index in [0.29, 0.717) is 0 Å². The number of rotatable bonds is 2. The van der Waals surface area contributed by atoms with Gasteiger partial charge in [-0.15, -0.1) is 0 Å². The summed E-state index contributed by atoms with van der Waals surface area (Å²) in [4.78, 5) is 85.9. The van der Waals surface area contributed by atoms with Gasteiger partial charge < -0.3 is 66.9 Å². The third-order valence-corrected chi connectivity index (χ3v) is 1.80. The van der Waals surface area contributed by atoms with Gasteiger partial charge in [0.1, 0.15) is 0 Å². The Morgan fingerprint density at radius 3 is 0.652 bits per heavy atom. The molecule has 2 N–H and O–H groups in total. The van der Waals surface area contributed by atoms with E-state index in [-0.39, 0.29) is 151 Å². The molecule has 0 heterocycles. The molecule has 0 unspecified atom stereocenters. The quantitative estimate of drug-likeness (QED) is 0.249. The Labute approximate surface area is 248 Å². The van der Waals surface area contributed by atoms with Gasteiger partial charge in [-0.2, -0.15) is 7.82 Å². The predicted molar refractivity (Wildman–Crippen MR) is 59.0 cm³/mol. The van der Waals surface area contributed by atoms with Crippen molar-refractivity contribution in [2.75, 3.05) is 0 Å². The monoisotopic (exact) mass is 526 g/mol. The number of phosphoric acid groups is 4. The van der Waals surface area contributed by atoms with Gasteiger partial charge in [0.05, 0.1) is 15.6 Å². The van der Waals surface area contributed by atoms with Gasteiger partial charge in [0, 0.05) is 0 Å². The van der Waals surface area contributed by atoms with Crippen LogP contribution >= 0.6 is 31.3 Å². The van der Waals surface area contributed by atoms with E-state index in [1.165, 1.54) is 0 Å². The molecule has 0 aliphatic carbocycles. The minimum Gasteiger partial charge on any atom is -0.822 e. The molecule has 0 amide bonds. The van der Waals surface area contributed by atoms with E-state index in [1.54, 1.807) is 0 Å². The maximum atomic E-state index is 9.32. The van der Waals surface area contributed by atoms with Crippen molar-refractivity contribution in [3.8, 4) is 0 Å². The maximum Gasteiger partial charge on any atom is 2.00 e. The van der Waals surface area contributed by atoms with E-state index in [9.17, 15) is 28.7 Å². The molecule has 0 aromatic heterocycles. The summed E-state index contributed by atoms with van der Waals surface area (Å²) in [7, 11) is -21.6. The van der Waals surface area contributed by atoms with Crippen LogP contribution in [0.25, 0.3) is 0 Å². The molecule has 15 nitrogen and oxygen atoms in total. The molecule has 0 bridgehead atoms. The molecule has 0 aromatic carbocycles. The second-order valence-corrected chi connectivity index (χ2v) is 6.23. The first-order chi connectivity index (χ1) is 7.71. The summed E-state index contributed by atoms with van der Waals surface area (Å²) in [6, 6.07) is 0. The Kier molecular flexibility index (Phi) is 42.1. The Hall–Kier alpha value is 5.52. The largest absolute Gasteiger partial charge is 2.00 e. The minimum atomic E-state index is -5.68. The van der Waals surface area contributed by atoms with E-state index in [4.69, 9.17) is 38.5 Å². The topological polar surface area (TPSA) is 302 Å². The zero-order valence-electron chi connectivity index (χ0n) is 10.8. The van der Waals surface area contributed by atoms with E-state index in [0.717, 1.165) is 0 Å². The van der Waals surface area contributed by atoms with Crippen molar-refractivity contribution >= 4 is 182 Å². The minimum absolute atomic E-state index is 0. The fourth-order valence-corrected chi connectivity index (χ4v) is 1.10. The van der Waals surface area contributed by atoms with Crippen LogP contribution < -0.4 is 39.1 Å². The Morgan fingerprint density at radius 2 is 0.652 bits per heavy atom. The summed E-state index contributed by atoms with van der Waals surface area (Å²) < 4.78 is 38.5. The van der Waals surface area contributed by atoms with Gasteiger partial charge in [0.15, 0.2) is 0 Å². The fraction of sp³-hybridized carbons (Fsp3) is 0. The first-order valence-electron chi connectivity index (χ1n) is 2.96. The van der Waals surface area contributed by atoms with Crippen LogP contribution in [-0.4, -0.2) is 161 Å². The van der Waals surface area contributed by atoms with Crippen LogP contribution in [0.5, 0.6) is 0 Å². The van der Waals surface area contributed by atoms with Crippen LogP contribution in [0.3, 0.4) is 0 Å². The Balaban J connectivity index is -0.0000000325. The summed E-state index contributed by atoms with van der Waals surface area (Å²) in [6.45, 7) is 0. The third-order valence-electron chi connectivity index (χ3n) is 0.200. The van der Waals surface area contributed by atoms with Gasteiger partial charge in [-0.3, -0.25) is 4.57 Å². The molecule has 0 radical (unpaired) electrons. The van der Waals surface area contributed by atoms with E-state index in [1.807, 2.05) is 0 Å². The predicted octanol–water partition coefficient (Wildman–Crippen LogP) is -9.25. The molecule has 23 heteroatoms. The summed E-state index contributed by atoms with van der Waals surface area (Å²) in [5, 5.41) is 0. The van der Waals surface area contributed by atoms with Gasteiger partial charge in [-0.25, -0.2) is 0 Å². The first kappa shape index (κ1) is 46.6. The van der Waals surface area contributed by atoms with Gasteiger partial charge in [0.2, 0.25) is 0 Å². The van der Waals surface area contributed by atoms with Crippen molar-refractivity contribution in [3.05, 3.63) is 0 Å². The summed E-state index contributed by atoms with van der Waals surface area (Å²) in [5.74, 6) is 0. The van der Waals surface area contributed by atoms with Gasteiger partial charge >= 0.3 is 151 Å². The Bertz CT molecular complexity index is 364. The molecule has 23 heavy (non-hydrogen) atoms. The van der Waals surface area contributed by atoms with Crippen LogP contribution in [0.4, 0.5) is 0 Å². The fourth-order valence-electron chi connectivity index (χ4n) is 0.122. The van der Waals surface area contributed by atoms with Crippen molar-refractivity contribution in [2.24, 2.45) is 0 Å². The molecule has 0 rings (SSSR count). The second kappa shape index (κ2) is 20.8. The summed E-state index contributed by atoms with van der Waals surface area (Å²) >= 11 is 0. The standard InChI is InChI=1S/4Ca.H4O7P2.2H3O4P/c;;;;1-8(2,3)7-9(4,5)6;2*1-5(2,3)4/h;;;;(H2,1,2,3)(H2,4,5,6);2*(H3,1,2,3,4)/q4*+2;;;/p-8. The number of hydrogen-bond acceptors (Lipinski definition) is 13. The molecule has 120 valence electrons. The third kappa shape index (κ3) is 135. The first-order valence-corrected chi connectivity index (χ1v) is 8.87. The average molecular weight is 526 g/mol. The zero-order chi connectivity index (χ0) is 16.7. The molecular formula is H2Ca4O15P4. The van der Waals surface area contributed by atoms with E-state index < -0.39 is 31.3 Å². The zero-order valence-corrected chi connectivity index (χ0v) is 23.2. The van der Waals surface area contributed by atoms with Crippen LogP contribution in [0.15, 0.2) is 0 Å². The van der Waals surface area contributed by atoms with Crippen LogP contribution in [0.1, 0.15) is 0 Å². The van der Waals surface area contributed by atoms with Crippen molar-refractivity contribution in [1.29, 1.82) is 0 Å². The van der Waals surface area contributed by atoms with Crippen molar-refractivity contribution in [2.45, 2.75) is 0 Å².